The van der Waals surface area contributed by atoms with E-state index in [-0.39, 0.29) is 6.01 Å². The second kappa shape index (κ2) is 5.24. The molecule has 0 aliphatic carbocycles. The van der Waals surface area contributed by atoms with Gasteiger partial charge in [0.2, 0.25) is 5.88 Å². The summed E-state index contributed by atoms with van der Waals surface area (Å²) in [6.45, 7) is 1.12. The Kier molecular flexibility index (Phi) is 3.28. The molecule has 0 saturated heterocycles. The van der Waals surface area contributed by atoms with Crippen molar-refractivity contribution < 1.29 is 18.9 Å². The molecular formula is C14H14N2O4. The van der Waals surface area contributed by atoms with Gasteiger partial charge < -0.3 is 18.9 Å². The molecule has 3 rings (SSSR count). The maximum Gasteiger partial charge on any atom is 0.319 e. The standard InChI is InChI=1S/C14H14N2O4/c1-17-13-10(8-15-14(16-13)18-2)9-3-4-11-12(7-9)20-6-5-19-11/h3-4,7-8H,5-6H2,1-2H3. The zero-order chi connectivity index (χ0) is 13.9. The van der Waals surface area contributed by atoms with E-state index in [2.05, 4.69) is 9.97 Å². The lowest BCUT2D eigenvalue weighted by Gasteiger charge is -2.19. The zero-order valence-electron chi connectivity index (χ0n) is 11.3. The maximum atomic E-state index is 5.57. The molecule has 1 aliphatic heterocycles. The molecule has 0 bridgehead atoms. The molecule has 0 N–H and O–H groups in total. The normalized spacial score (nSPS) is 12.9. The van der Waals surface area contributed by atoms with Crippen molar-refractivity contribution in [2.45, 2.75) is 0 Å². The average molecular weight is 274 g/mol. The van der Waals surface area contributed by atoms with Crippen molar-refractivity contribution in [2.75, 3.05) is 27.4 Å². The largest absolute Gasteiger partial charge is 0.486 e. The number of ether oxygens (including phenoxy) is 4. The minimum atomic E-state index is 0.267. The van der Waals surface area contributed by atoms with Gasteiger partial charge in [-0.25, -0.2) is 4.98 Å². The molecule has 104 valence electrons. The highest BCUT2D eigenvalue weighted by Crippen LogP contribution is 2.37. The molecule has 0 fully saturated rings. The molecule has 0 unspecified atom stereocenters. The van der Waals surface area contributed by atoms with Gasteiger partial charge in [0.05, 0.1) is 19.8 Å². The molecule has 1 aliphatic rings. The van der Waals surface area contributed by atoms with Crippen molar-refractivity contribution in [1.29, 1.82) is 0 Å². The summed E-state index contributed by atoms with van der Waals surface area (Å²) < 4.78 is 21.3. The summed E-state index contributed by atoms with van der Waals surface area (Å²) in [5.74, 6) is 1.91. The van der Waals surface area contributed by atoms with Gasteiger partial charge in [-0.05, 0) is 17.7 Å². The van der Waals surface area contributed by atoms with Crippen LogP contribution in [0.15, 0.2) is 24.4 Å². The van der Waals surface area contributed by atoms with Gasteiger partial charge in [-0.2, -0.15) is 4.98 Å². The molecule has 0 spiro atoms. The lowest BCUT2D eigenvalue weighted by Crippen LogP contribution is -2.15. The van der Waals surface area contributed by atoms with Crippen molar-refractivity contribution in [3.8, 4) is 34.5 Å². The number of aromatic nitrogens is 2. The first-order valence-electron chi connectivity index (χ1n) is 6.17. The molecule has 0 saturated carbocycles. The van der Waals surface area contributed by atoms with E-state index < -0.39 is 0 Å². The van der Waals surface area contributed by atoms with Crippen LogP contribution in [-0.2, 0) is 0 Å². The third-order valence-electron chi connectivity index (χ3n) is 2.96. The molecular weight excluding hydrogens is 260 g/mol. The number of hydrogen-bond acceptors (Lipinski definition) is 6. The summed E-state index contributed by atoms with van der Waals surface area (Å²) in [5.41, 5.74) is 1.67. The van der Waals surface area contributed by atoms with E-state index in [4.69, 9.17) is 18.9 Å². The van der Waals surface area contributed by atoms with Crippen LogP contribution in [0.3, 0.4) is 0 Å². The Hall–Kier alpha value is -2.50. The molecule has 0 atom stereocenters. The minimum absolute atomic E-state index is 0.267. The number of fused-ring (bicyclic) bond motifs is 1. The fourth-order valence-corrected chi connectivity index (χ4v) is 2.01. The van der Waals surface area contributed by atoms with E-state index in [9.17, 15) is 0 Å². The summed E-state index contributed by atoms with van der Waals surface area (Å²) >= 11 is 0. The second-order valence-corrected chi connectivity index (χ2v) is 4.14. The fraction of sp³-hybridized carbons (Fsp3) is 0.286. The van der Waals surface area contributed by atoms with Crippen LogP contribution in [-0.4, -0.2) is 37.4 Å². The Morgan fingerprint density at radius 3 is 2.60 bits per heavy atom. The quantitative estimate of drug-likeness (QED) is 0.852. The molecule has 0 amide bonds. The monoisotopic (exact) mass is 274 g/mol. The average Bonchev–Trinajstić information content (AvgIpc) is 2.53. The Balaban J connectivity index is 2.04. The highest BCUT2D eigenvalue weighted by atomic mass is 16.6. The van der Waals surface area contributed by atoms with Crippen LogP contribution in [0.25, 0.3) is 11.1 Å². The lowest BCUT2D eigenvalue weighted by atomic mass is 10.1. The van der Waals surface area contributed by atoms with Crippen molar-refractivity contribution in [3.05, 3.63) is 24.4 Å². The Morgan fingerprint density at radius 2 is 1.85 bits per heavy atom. The van der Waals surface area contributed by atoms with Gasteiger partial charge >= 0.3 is 6.01 Å². The number of benzene rings is 1. The first kappa shape index (κ1) is 12.5. The summed E-state index contributed by atoms with van der Waals surface area (Å²) in [6.07, 6.45) is 1.66. The third kappa shape index (κ3) is 2.20. The molecule has 2 aromatic rings. The molecule has 0 radical (unpaired) electrons. The van der Waals surface area contributed by atoms with E-state index in [0.29, 0.717) is 24.8 Å². The molecule has 1 aromatic carbocycles. The van der Waals surface area contributed by atoms with Crippen molar-refractivity contribution in [2.24, 2.45) is 0 Å². The van der Waals surface area contributed by atoms with E-state index in [1.54, 1.807) is 13.3 Å². The number of rotatable bonds is 3. The van der Waals surface area contributed by atoms with E-state index >= 15 is 0 Å². The SMILES string of the molecule is COc1ncc(-c2ccc3c(c2)OCCO3)c(OC)n1. The fourth-order valence-electron chi connectivity index (χ4n) is 2.01. The van der Waals surface area contributed by atoms with Crippen LogP contribution in [0.4, 0.5) is 0 Å². The van der Waals surface area contributed by atoms with Crippen molar-refractivity contribution in [1.82, 2.24) is 9.97 Å². The molecule has 6 nitrogen and oxygen atoms in total. The molecule has 2 heterocycles. The third-order valence-corrected chi connectivity index (χ3v) is 2.96. The number of methoxy groups -OCH3 is 2. The van der Waals surface area contributed by atoms with Gasteiger partial charge in [-0.3, -0.25) is 0 Å². The van der Waals surface area contributed by atoms with Gasteiger partial charge in [0, 0.05) is 6.20 Å². The first-order chi connectivity index (χ1) is 9.81. The van der Waals surface area contributed by atoms with Crippen LogP contribution < -0.4 is 18.9 Å². The predicted octanol–water partition coefficient (Wildman–Crippen LogP) is 1.93. The van der Waals surface area contributed by atoms with Gasteiger partial charge in [0.15, 0.2) is 11.5 Å². The van der Waals surface area contributed by atoms with Gasteiger partial charge in [-0.1, -0.05) is 6.07 Å². The van der Waals surface area contributed by atoms with Crippen LogP contribution >= 0.6 is 0 Å². The van der Waals surface area contributed by atoms with E-state index in [0.717, 1.165) is 16.9 Å². The van der Waals surface area contributed by atoms with E-state index in [1.807, 2.05) is 18.2 Å². The molecule has 20 heavy (non-hydrogen) atoms. The van der Waals surface area contributed by atoms with E-state index in [1.165, 1.54) is 7.11 Å². The van der Waals surface area contributed by atoms with Gasteiger partial charge in [-0.15, -0.1) is 0 Å². The maximum absolute atomic E-state index is 5.57. The number of nitrogens with zero attached hydrogens (tertiary/aromatic N) is 2. The Bertz CT molecular complexity index is 631. The highest BCUT2D eigenvalue weighted by molar-refractivity contribution is 5.70. The Morgan fingerprint density at radius 1 is 1.05 bits per heavy atom. The summed E-state index contributed by atoms with van der Waals surface area (Å²) in [5, 5.41) is 0. The summed E-state index contributed by atoms with van der Waals surface area (Å²) in [7, 11) is 3.07. The topological polar surface area (TPSA) is 62.7 Å². The van der Waals surface area contributed by atoms with Crippen LogP contribution in [0.2, 0.25) is 0 Å². The van der Waals surface area contributed by atoms with Crippen LogP contribution in [0.5, 0.6) is 23.4 Å². The van der Waals surface area contributed by atoms with Crippen LogP contribution in [0, 0.1) is 0 Å². The smallest absolute Gasteiger partial charge is 0.319 e. The lowest BCUT2D eigenvalue weighted by molar-refractivity contribution is 0.171. The predicted molar refractivity (Wildman–Crippen MR) is 71.6 cm³/mol. The van der Waals surface area contributed by atoms with Gasteiger partial charge in [0.1, 0.15) is 13.2 Å². The summed E-state index contributed by atoms with van der Waals surface area (Å²) in [6, 6.07) is 5.94. The number of hydrogen-bond donors (Lipinski definition) is 0. The first-order valence-corrected chi connectivity index (χ1v) is 6.17. The summed E-state index contributed by atoms with van der Waals surface area (Å²) in [4.78, 5) is 8.28. The minimum Gasteiger partial charge on any atom is -0.486 e. The van der Waals surface area contributed by atoms with Crippen molar-refractivity contribution in [3.63, 3.8) is 0 Å². The second-order valence-electron chi connectivity index (χ2n) is 4.14. The Labute approximate surface area is 116 Å². The molecule has 1 aromatic heterocycles. The highest BCUT2D eigenvalue weighted by Gasteiger charge is 2.15. The molecule has 6 heteroatoms. The van der Waals surface area contributed by atoms with Gasteiger partial charge in [0.25, 0.3) is 0 Å². The van der Waals surface area contributed by atoms with Crippen LogP contribution in [0.1, 0.15) is 0 Å². The van der Waals surface area contributed by atoms with Crippen molar-refractivity contribution >= 4 is 0 Å². The zero-order valence-corrected chi connectivity index (χ0v) is 11.3.